The fraction of sp³-hybridized carbons (Fsp3) is 0. The maximum Gasteiger partial charge on any atom is 3.00 e. The van der Waals surface area contributed by atoms with Crippen LogP contribution in [0.25, 0.3) is 0 Å². The summed E-state index contributed by atoms with van der Waals surface area (Å²) in [5.41, 5.74) is 0. The zero-order valence-corrected chi connectivity index (χ0v) is 16.0. The minimum atomic E-state index is -1.75. The molecule has 0 rings (SSSR count). The van der Waals surface area contributed by atoms with Crippen LogP contribution in [0, 0.1) is 118 Å². The van der Waals surface area contributed by atoms with Crippen molar-refractivity contribution in [2.24, 2.45) is 0 Å². The van der Waals surface area contributed by atoms with Crippen LogP contribution in [-0.2, 0) is 0 Å². The average molecular weight is 558 g/mol. The fourth-order valence-electron chi connectivity index (χ4n) is 0. The summed E-state index contributed by atoms with van der Waals surface area (Å²) in [6, 6.07) is 0. The smallest absolute Gasteiger partial charge is 0.412 e. The van der Waals surface area contributed by atoms with Crippen LogP contribution in [0.2, 0.25) is 0 Å². The molecule has 1 radical (unpaired) electrons. The molecule has 0 unspecified atom stereocenters. The van der Waals surface area contributed by atoms with E-state index in [4.69, 9.17) is 76.6 Å². The average Bonchev–Trinajstić information content (AvgIpc) is 1.94. The normalized spacial score (nSPS) is 4.44. The van der Waals surface area contributed by atoms with E-state index >= 15 is 0 Å². The molecule has 0 spiro atoms. The first kappa shape index (κ1) is 87.7. The molecular formula is H16CeN7O19. The van der Waals surface area contributed by atoms with Gasteiger partial charge in [-0.05, 0) is 0 Å². The second-order valence-corrected chi connectivity index (χ2v) is 1.12. The Morgan fingerprint density at radius 3 is 0.333 bits per heavy atom. The third kappa shape index (κ3) is 1260. The van der Waals surface area contributed by atoms with Crippen molar-refractivity contribution in [1.29, 1.82) is 0 Å². The van der Waals surface area contributed by atoms with Crippen LogP contribution in [0.1, 0.15) is 0 Å². The van der Waals surface area contributed by atoms with E-state index in [1.807, 2.05) is 0 Å². The van der Waals surface area contributed by atoms with E-state index in [0.29, 0.717) is 0 Å². The van der Waals surface area contributed by atoms with Crippen molar-refractivity contribution >= 4 is 0 Å². The van der Waals surface area contributed by atoms with Gasteiger partial charge in [0, 0.05) is 0 Å². The summed E-state index contributed by atoms with van der Waals surface area (Å²) in [5.74, 6) is 0. The molecule has 0 aromatic heterocycles. The monoisotopic (exact) mass is 558 g/mol. The summed E-state index contributed by atoms with van der Waals surface area (Å²) in [7, 11) is 0. The molecule has 27 heavy (non-hydrogen) atoms. The number of nitrogens with zero attached hydrogens (tertiary/aromatic N) is 5. The van der Waals surface area contributed by atoms with Crippen molar-refractivity contribution in [3.63, 3.8) is 0 Å². The molecule has 26 nitrogen and oxygen atoms in total. The molecule has 0 bridgehead atoms. The fourth-order valence-corrected chi connectivity index (χ4v) is 0. The van der Waals surface area contributed by atoms with Gasteiger partial charge in [0.15, 0.2) is 0 Å². The van der Waals surface area contributed by atoms with Gasteiger partial charge in [-0.15, -0.1) is 0 Å². The summed E-state index contributed by atoms with van der Waals surface area (Å²) >= 11 is 0. The molecular weight excluding hydrogens is 542 g/mol. The zero-order valence-electron chi connectivity index (χ0n) is 12.9. The van der Waals surface area contributed by atoms with E-state index in [1.54, 1.807) is 0 Å². The Balaban J connectivity index is -0.00000000978. The van der Waals surface area contributed by atoms with E-state index in [0.717, 1.165) is 0 Å². The first-order chi connectivity index (χ1) is 8.66. The first-order valence-corrected chi connectivity index (χ1v) is 2.74. The minimum Gasteiger partial charge on any atom is -0.412 e. The van der Waals surface area contributed by atoms with Crippen molar-refractivity contribution in [2.45, 2.75) is 0 Å². The molecule has 27 heteroatoms. The molecule has 0 atom stereocenters. The van der Waals surface area contributed by atoms with Crippen LogP contribution in [0.5, 0.6) is 0 Å². The Morgan fingerprint density at radius 2 is 0.333 bits per heavy atom. The van der Waals surface area contributed by atoms with Crippen LogP contribution in [0.4, 0.5) is 0 Å². The topological polar surface area (TPSA) is 530 Å². The second kappa shape index (κ2) is 77.0. The maximum atomic E-state index is 8.25. The van der Waals surface area contributed by atoms with E-state index < -0.39 is 25.4 Å². The Morgan fingerprint density at radius 1 is 0.333 bits per heavy atom. The van der Waals surface area contributed by atoms with Gasteiger partial charge >= 0.3 is 41.7 Å². The van der Waals surface area contributed by atoms with Crippen molar-refractivity contribution in [3.05, 3.63) is 76.6 Å². The van der Waals surface area contributed by atoms with Gasteiger partial charge in [0.05, 0.1) is 25.4 Å². The SMILES string of the molecule is O.O.O.O.O=[N+]([O-])[O-].O=[N+]([O-])[O-].O=[N+]([O-])[O-].O=[N+]([O-])[O-].O=[N+]([O-])[O-].[Ce+3].[NH4+].[NH4+]. The summed E-state index contributed by atoms with van der Waals surface area (Å²) in [6.07, 6.45) is 0. The van der Waals surface area contributed by atoms with Crippen LogP contribution >= 0.6 is 0 Å². The number of quaternary nitrogens is 2. The third-order valence-electron chi connectivity index (χ3n) is 0. The van der Waals surface area contributed by atoms with E-state index in [-0.39, 0.29) is 76.0 Å². The minimum absolute atomic E-state index is 0. The van der Waals surface area contributed by atoms with Crippen molar-refractivity contribution in [1.82, 2.24) is 12.3 Å². The third-order valence-corrected chi connectivity index (χ3v) is 0. The van der Waals surface area contributed by atoms with Gasteiger partial charge in [-0.1, -0.05) is 0 Å². The van der Waals surface area contributed by atoms with Gasteiger partial charge in [0.2, 0.25) is 0 Å². The second-order valence-electron chi connectivity index (χ2n) is 1.12. The van der Waals surface area contributed by atoms with Gasteiger partial charge in [0.25, 0.3) is 0 Å². The van der Waals surface area contributed by atoms with Crippen molar-refractivity contribution < 1.29 is 89.1 Å². The van der Waals surface area contributed by atoms with Crippen LogP contribution in [-0.4, -0.2) is 47.3 Å². The van der Waals surface area contributed by atoms with E-state index in [2.05, 4.69) is 0 Å². The number of rotatable bonds is 0. The van der Waals surface area contributed by atoms with E-state index in [9.17, 15) is 0 Å². The van der Waals surface area contributed by atoms with Gasteiger partial charge < -0.3 is 111 Å². The molecule has 0 saturated heterocycles. The number of hydrogen-bond acceptors (Lipinski definition) is 15. The van der Waals surface area contributed by atoms with Gasteiger partial charge in [-0.3, -0.25) is 0 Å². The Labute approximate surface area is 177 Å². The molecule has 0 heterocycles. The molecule has 0 fully saturated rings. The molecule has 0 aliphatic heterocycles. The summed E-state index contributed by atoms with van der Waals surface area (Å²) in [4.78, 5) is 41.2. The zero-order chi connectivity index (χ0) is 17.9. The molecule has 0 aromatic rings. The van der Waals surface area contributed by atoms with E-state index in [1.165, 1.54) is 0 Å². The van der Waals surface area contributed by atoms with Crippen LogP contribution in [0.15, 0.2) is 0 Å². The molecule has 0 aliphatic carbocycles. The predicted molar refractivity (Wildman–Crippen MR) is 78.2 cm³/mol. The number of hydrogen-bond donors (Lipinski definition) is 2. The summed E-state index contributed by atoms with van der Waals surface area (Å²) < 4.78 is 0. The largest absolute Gasteiger partial charge is 3.00 e. The van der Waals surface area contributed by atoms with Crippen molar-refractivity contribution in [2.75, 3.05) is 0 Å². The molecule has 0 amide bonds. The Kier molecular flexibility index (Phi) is 250. The first-order valence-electron chi connectivity index (χ1n) is 2.74. The van der Waals surface area contributed by atoms with Crippen molar-refractivity contribution in [3.8, 4) is 0 Å². The molecule has 0 aromatic carbocycles. The summed E-state index contributed by atoms with van der Waals surface area (Å²) in [5, 5.41) is 73.8. The molecule has 0 saturated carbocycles. The van der Waals surface area contributed by atoms with Gasteiger partial charge in [0.1, 0.15) is 0 Å². The van der Waals surface area contributed by atoms with Gasteiger partial charge in [-0.25, -0.2) is 0 Å². The summed E-state index contributed by atoms with van der Waals surface area (Å²) in [6.45, 7) is 0. The van der Waals surface area contributed by atoms with Gasteiger partial charge in [-0.2, -0.15) is 0 Å². The van der Waals surface area contributed by atoms with Crippen LogP contribution < -0.4 is 12.3 Å². The Bertz CT molecular complexity index is 213. The molecule has 0 aliphatic rings. The standard InChI is InChI=1S/Ce.5NO3.2H3N.4H2O/c;5*2-1(3)4;;;;;;/h;;;;;;2*1H3;4*1H2/q+3;5*-1;;;;;;/p+2. The molecule has 169 valence electrons. The van der Waals surface area contributed by atoms with Crippen LogP contribution in [0.3, 0.4) is 0 Å². The Hall–Kier alpha value is -2.86. The molecule has 16 N–H and O–H groups in total. The quantitative estimate of drug-likeness (QED) is 0.213. The predicted octanol–water partition coefficient (Wildman–Crippen LogP) is -3.74. The maximum absolute atomic E-state index is 8.25.